The SMILES string of the molecule is CC1=C(C(=O)NCc2ccccc2)[C@@H](c2cccc(F)c2)n2nnnc2N1. The van der Waals surface area contributed by atoms with Gasteiger partial charge in [0.15, 0.2) is 0 Å². The standard InChI is InChI=1S/C19H17FN6O/c1-12-16(18(27)21-11-13-6-3-2-4-7-13)17(14-8-5-9-15(20)10-14)26-19(22-12)23-24-25-26/h2-10,17H,11H2,1H3,(H,21,27)(H,22,23,25)/t17-/m1/s1. The molecule has 1 atom stereocenters. The third kappa shape index (κ3) is 3.29. The Kier molecular flexibility index (Phi) is 4.37. The van der Waals surface area contributed by atoms with Gasteiger partial charge in [-0.25, -0.2) is 4.39 Å². The van der Waals surface area contributed by atoms with Crippen LogP contribution in [-0.4, -0.2) is 26.1 Å². The average molecular weight is 364 g/mol. The summed E-state index contributed by atoms with van der Waals surface area (Å²) in [5, 5.41) is 17.5. The van der Waals surface area contributed by atoms with E-state index >= 15 is 0 Å². The molecule has 0 unspecified atom stereocenters. The summed E-state index contributed by atoms with van der Waals surface area (Å²) in [6.45, 7) is 2.16. The molecule has 4 rings (SSSR count). The maximum Gasteiger partial charge on any atom is 0.251 e. The summed E-state index contributed by atoms with van der Waals surface area (Å²) in [4.78, 5) is 13.0. The topological polar surface area (TPSA) is 84.7 Å². The molecule has 1 aliphatic rings. The number of fused-ring (bicyclic) bond motifs is 1. The number of nitrogens with one attached hydrogen (secondary N) is 2. The van der Waals surface area contributed by atoms with Gasteiger partial charge >= 0.3 is 0 Å². The third-order valence-corrected chi connectivity index (χ3v) is 4.42. The first-order valence-corrected chi connectivity index (χ1v) is 8.47. The van der Waals surface area contributed by atoms with Gasteiger partial charge in [-0.2, -0.15) is 4.68 Å². The van der Waals surface area contributed by atoms with Gasteiger partial charge in [-0.3, -0.25) is 4.79 Å². The van der Waals surface area contributed by atoms with Gasteiger partial charge < -0.3 is 10.6 Å². The second-order valence-electron chi connectivity index (χ2n) is 6.24. The van der Waals surface area contributed by atoms with Gasteiger partial charge in [-0.15, -0.1) is 0 Å². The van der Waals surface area contributed by atoms with Crippen molar-refractivity contribution in [1.29, 1.82) is 0 Å². The van der Waals surface area contributed by atoms with E-state index in [0.29, 0.717) is 29.3 Å². The largest absolute Gasteiger partial charge is 0.348 e. The van der Waals surface area contributed by atoms with Gasteiger partial charge in [-0.05, 0) is 40.6 Å². The average Bonchev–Trinajstić information content (AvgIpc) is 3.13. The number of amides is 1. The van der Waals surface area contributed by atoms with Crippen molar-refractivity contribution in [2.45, 2.75) is 19.5 Å². The Balaban J connectivity index is 1.69. The summed E-state index contributed by atoms with van der Waals surface area (Å²) >= 11 is 0. The number of carbonyl (C=O) groups is 1. The number of hydrogen-bond donors (Lipinski definition) is 2. The van der Waals surface area contributed by atoms with Crippen LogP contribution in [0.5, 0.6) is 0 Å². The Hall–Kier alpha value is -3.55. The maximum atomic E-state index is 13.8. The normalized spacial score (nSPS) is 15.9. The Morgan fingerprint density at radius 2 is 2.04 bits per heavy atom. The molecule has 0 fully saturated rings. The molecule has 27 heavy (non-hydrogen) atoms. The molecule has 0 spiro atoms. The van der Waals surface area contributed by atoms with Crippen LogP contribution in [0.2, 0.25) is 0 Å². The van der Waals surface area contributed by atoms with E-state index in [1.807, 2.05) is 30.3 Å². The van der Waals surface area contributed by atoms with Crippen molar-refractivity contribution in [1.82, 2.24) is 25.5 Å². The summed E-state index contributed by atoms with van der Waals surface area (Å²) < 4.78 is 15.3. The maximum absolute atomic E-state index is 13.8. The minimum Gasteiger partial charge on any atom is -0.348 e. The lowest BCUT2D eigenvalue weighted by atomic mass is 9.95. The molecule has 3 aromatic rings. The fourth-order valence-electron chi connectivity index (χ4n) is 3.16. The van der Waals surface area contributed by atoms with E-state index in [1.165, 1.54) is 16.8 Å². The van der Waals surface area contributed by atoms with Crippen LogP contribution in [-0.2, 0) is 11.3 Å². The molecule has 0 saturated heterocycles. The molecule has 2 aromatic carbocycles. The molecule has 2 heterocycles. The molecule has 2 N–H and O–H groups in total. The van der Waals surface area contributed by atoms with Crippen LogP contribution in [0, 0.1) is 5.82 Å². The fraction of sp³-hybridized carbons (Fsp3) is 0.158. The number of allylic oxidation sites excluding steroid dienone is 1. The molecule has 136 valence electrons. The van der Waals surface area contributed by atoms with Crippen molar-refractivity contribution < 1.29 is 9.18 Å². The number of rotatable bonds is 4. The van der Waals surface area contributed by atoms with Crippen LogP contribution in [0.25, 0.3) is 0 Å². The Bertz CT molecular complexity index is 1010. The number of anilines is 1. The summed E-state index contributed by atoms with van der Waals surface area (Å²) in [7, 11) is 0. The lowest BCUT2D eigenvalue weighted by Crippen LogP contribution is -2.35. The second-order valence-corrected chi connectivity index (χ2v) is 6.24. The van der Waals surface area contributed by atoms with Gasteiger partial charge in [0.05, 0.1) is 5.57 Å². The lowest BCUT2D eigenvalue weighted by molar-refractivity contribution is -0.118. The van der Waals surface area contributed by atoms with Crippen LogP contribution in [0.3, 0.4) is 0 Å². The van der Waals surface area contributed by atoms with Crippen LogP contribution in [0.1, 0.15) is 24.1 Å². The first-order chi connectivity index (χ1) is 13.1. The number of tetrazole rings is 1. The smallest absolute Gasteiger partial charge is 0.251 e. The second kappa shape index (κ2) is 6.99. The predicted molar refractivity (Wildman–Crippen MR) is 97.0 cm³/mol. The lowest BCUT2D eigenvalue weighted by Gasteiger charge is -2.28. The Morgan fingerprint density at radius 1 is 1.22 bits per heavy atom. The summed E-state index contributed by atoms with van der Waals surface area (Å²) in [6.07, 6.45) is 0. The van der Waals surface area contributed by atoms with E-state index in [0.717, 1.165) is 5.56 Å². The van der Waals surface area contributed by atoms with E-state index in [4.69, 9.17) is 0 Å². The minimum atomic E-state index is -0.622. The number of carbonyl (C=O) groups excluding carboxylic acids is 1. The molecule has 0 bridgehead atoms. The van der Waals surface area contributed by atoms with Crippen LogP contribution in [0.15, 0.2) is 65.9 Å². The highest BCUT2D eigenvalue weighted by atomic mass is 19.1. The van der Waals surface area contributed by atoms with E-state index in [-0.39, 0.29) is 11.7 Å². The fourth-order valence-corrected chi connectivity index (χ4v) is 3.16. The molecule has 0 aliphatic carbocycles. The van der Waals surface area contributed by atoms with Crippen molar-refractivity contribution in [2.75, 3.05) is 5.32 Å². The number of halogens is 1. The summed E-state index contributed by atoms with van der Waals surface area (Å²) in [5.41, 5.74) is 2.64. The van der Waals surface area contributed by atoms with E-state index in [9.17, 15) is 9.18 Å². The summed E-state index contributed by atoms with van der Waals surface area (Å²) in [6, 6.07) is 15.1. The number of aromatic nitrogens is 4. The zero-order valence-corrected chi connectivity index (χ0v) is 14.6. The molecule has 0 saturated carbocycles. The molecule has 1 amide bonds. The molecular formula is C19H17FN6O. The highest BCUT2D eigenvalue weighted by Gasteiger charge is 2.34. The van der Waals surface area contributed by atoms with Gasteiger partial charge in [-0.1, -0.05) is 47.6 Å². The predicted octanol–water partition coefficient (Wildman–Crippen LogP) is 2.42. The number of nitrogens with zero attached hydrogens (tertiary/aromatic N) is 4. The first kappa shape index (κ1) is 16.9. The Labute approximate surface area is 154 Å². The molecular weight excluding hydrogens is 347 g/mol. The highest BCUT2D eigenvalue weighted by molar-refractivity contribution is 5.96. The minimum absolute atomic E-state index is 0.265. The van der Waals surface area contributed by atoms with Crippen molar-refractivity contribution in [3.05, 3.63) is 82.8 Å². The quantitative estimate of drug-likeness (QED) is 0.743. The van der Waals surface area contributed by atoms with Crippen LogP contribution < -0.4 is 10.6 Å². The summed E-state index contributed by atoms with van der Waals surface area (Å²) in [5.74, 6) is -0.247. The van der Waals surface area contributed by atoms with Crippen molar-refractivity contribution in [3.63, 3.8) is 0 Å². The van der Waals surface area contributed by atoms with E-state index < -0.39 is 6.04 Å². The molecule has 7 nitrogen and oxygen atoms in total. The number of benzene rings is 2. The van der Waals surface area contributed by atoms with Gasteiger partial charge in [0, 0.05) is 12.2 Å². The Morgan fingerprint density at radius 3 is 2.81 bits per heavy atom. The highest BCUT2D eigenvalue weighted by Crippen LogP contribution is 2.34. The molecule has 8 heteroatoms. The number of hydrogen-bond acceptors (Lipinski definition) is 5. The zero-order valence-electron chi connectivity index (χ0n) is 14.6. The van der Waals surface area contributed by atoms with E-state index in [2.05, 4.69) is 26.2 Å². The van der Waals surface area contributed by atoms with Crippen molar-refractivity contribution >= 4 is 11.9 Å². The molecule has 0 radical (unpaired) electrons. The van der Waals surface area contributed by atoms with Crippen molar-refractivity contribution in [3.8, 4) is 0 Å². The monoisotopic (exact) mass is 364 g/mol. The molecule has 1 aromatic heterocycles. The first-order valence-electron chi connectivity index (χ1n) is 8.47. The van der Waals surface area contributed by atoms with Crippen LogP contribution in [0.4, 0.5) is 10.3 Å². The van der Waals surface area contributed by atoms with Gasteiger partial charge in [0.25, 0.3) is 5.91 Å². The van der Waals surface area contributed by atoms with Gasteiger partial charge in [0.2, 0.25) is 5.95 Å². The van der Waals surface area contributed by atoms with E-state index in [1.54, 1.807) is 19.1 Å². The third-order valence-electron chi connectivity index (χ3n) is 4.42. The van der Waals surface area contributed by atoms with Crippen molar-refractivity contribution in [2.24, 2.45) is 0 Å². The van der Waals surface area contributed by atoms with Gasteiger partial charge in [0.1, 0.15) is 11.9 Å². The van der Waals surface area contributed by atoms with Crippen LogP contribution >= 0.6 is 0 Å². The zero-order chi connectivity index (χ0) is 18.8. The molecule has 1 aliphatic heterocycles.